The van der Waals surface area contributed by atoms with E-state index in [1.54, 1.807) is 0 Å². The van der Waals surface area contributed by atoms with E-state index in [1.165, 1.54) is 18.2 Å². The second-order valence-corrected chi connectivity index (χ2v) is 1.48. The molecule has 0 bridgehead atoms. The molecule has 1 aromatic rings. The van der Waals surface area contributed by atoms with Crippen LogP contribution in [0.2, 0.25) is 0 Å². The number of benzene rings is 1. The van der Waals surface area contributed by atoms with Crippen LogP contribution in [0.5, 0.6) is 5.75 Å². The predicted octanol–water partition coefficient (Wildman–Crippen LogP) is 2.56. The molecule has 0 saturated carbocycles. The summed E-state index contributed by atoms with van der Waals surface area (Å²) in [5.74, 6) is -0.449. The number of phenols is 1. The Kier molecular flexibility index (Phi) is 4.29. The first-order valence-corrected chi connectivity index (χ1v) is 3.23. The van der Waals surface area contributed by atoms with Gasteiger partial charge in [-0.1, -0.05) is 19.9 Å². The van der Waals surface area contributed by atoms with Crippen molar-refractivity contribution in [3.05, 3.63) is 30.1 Å². The van der Waals surface area contributed by atoms with Crippen LogP contribution in [0.25, 0.3) is 0 Å². The second-order valence-electron chi connectivity index (χ2n) is 1.48. The molecular weight excluding hydrogens is 131 g/mol. The van der Waals surface area contributed by atoms with Gasteiger partial charge in [0, 0.05) is 6.07 Å². The Balaban J connectivity index is 0.000000371. The molecule has 0 unspecified atom stereocenters. The van der Waals surface area contributed by atoms with Gasteiger partial charge in [-0.05, 0) is 12.1 Å². The molecule has 0 spiro atoms. The Morgan fingerprint density at radius 3 is 2.20 bits per heavy atom. The predicted molar refractivity (Wildman–Crippen MR) is 39.4 cm³/mol. The van der Waals surface area contributed by atoms with Crippen LogP contribution in [0.3, 0.4) is 0 Å². The van der Waals surface area contributed by atoms with Gasteiger partial charge >= 0.3 is 0 Å². The van der Waals surface area contributed by atoms with Crippen LogP contribution in [0, 0.1) is 5.82 Å². The van der Waals surface area contributed by atoms with E-state index in [1.807, 2.05) is 13.8 Å². The quantitative estimate of drug-likeness (QED) is 0.590. The summed E-state index contributed by atoms with van der Waals surface area (Å²) < 4.78 is 12.0. The van der Waals surface area contributed by atoms with Crippen molar-refractivity contribution in [3.8, 4) is 5.75 Å². The van der Waals surface area contributed by atoms with Crippen molar-refractivity contribution in [1.29, 1.82) is 0 Å². The van der Waals surface area contributed by atoms with Gasteiger partial charge in [-0.15, -0.1) is 0 Å². The average Bonchev–Trinajstić information content (AvgIpc) is 1.91. The van der Waals surface area contributed by atoms with Crippen molar-refractivity contribution in [1.82, 2.24) is 0 Å². The molecule has 0 radical (unpaired) electrons. The molecule has 0 saturated heterocycles. The fraction of sp³-hybridized carbons (Fsp3) is 0.250. The molecule has 1 rings (SSSR count). The maximum absolute atomic E-state index is 12.0. The molecular formula is C8H11FO. The van der Waals surface area contributed by atoms with Gasteiger partial charge in [0.05, 0.1) is 0 Å². The molecule has 0 atom stereocenters. The molecule has 1 N–H and O–H groups in total. The highest BCUT2D eigenvalue weighted by Gasteiger charge is 1.86. The minimum Gasteiger partial charge on any atom is -0.508 e. The van der Waals surface area contributed by atoms with E-state index in [-0.39, 0.29) is 5.75 Å². The number of hydrogen-bond donors (Lipinski definition) is 1. The maximum Gasteiger partial charge on any atom is 0.126 e. The van der Waals surface area contributed by atoms with Crippen LogP contribution < -0.4 is 0 Å². The Bertz CT molecular complexity index is 169. The van der Waals surface area contributed by atoms with E-state index >= 15 is 0 Å². The standard InChI is InChI=1S/C6H5FO.C2H6/c7-5-2-1-3-6(8)4-5;1-2/h1-4,8H;1-2H3. The van der Waals surface area contributed by atoms with E-state index in [0.29, 0.717) is 0 Å². The lowest BCUT2D eigenvalue weighted by atomic mass is 10.3. The minimum atomic E-state index is -0.412. The first kappa shape index (κ1) is 8.95. The summed E-state index contributed by atoms with van der Waals surface area (Å²) in [6, 6.07) is 5.20. The third kappa shape index (κ3) is 3.07. The lowest BCUT2D eigenvalue weighted by Crippen LogP contribution is -1.68. The fourth-order valence-corrected chi connectivity index (χ4v) is 0.476. The Morgan fingerprint density at radius 2 is 1.90 bits per heavy atom. The smallest absolute Gasteiger partial charge is 0.126 e. The maximum atomic E-state index is 12.0. The summed E-state index contributed by atoms with van der Waals surface area (Å²) in [5.41, 5.74) is 0. The summed E-state index contributed by atoms with van der Waals surface area (Å²) >= 11 is 0. The largest absolute Gasteiger partial charge is 0.508 e. The molecule has 1 aromatic carbocycles. The van der Waals surface area contributed by atoms with Crippen LogP contribution in [0.1, 0.15) is 13.8 Å². The van der Waals surface area contributed by atoms with Gasteiger partial charge < -0.3 is 5.11 Å². The summed E-state index contributed by atoms with van der Waals surface area (Å²) in [5, 5.41) is 8.57. The van der Waals surface area contributed by atoms with Crippen LogP contribution in [0.4, 0.5) is 4.39 Å². The molecule has 0 amide bonds. The van der Waals surface area contributed by atoms with Crippen molar-refractivity contribution in [3.63, 3.8) is 0 Å². The molecule has 0 aliphatic carbocycles. The minimum absolute atomic E-state index is 0.0370. The molecule has 0 aliphatic rings. The highest BCUT2D eigenvalue weighted by molar-refractivity contribution is 5.20. The van der Waals surface area contributed by atoms with Gasteiger partial charge in [-0.3, -0.25) is 0 Å². The number of phenolic OH excluding ortho intramolecular Hbond substituents is 1. The first-order chi connectivity index (χ1) is 4.79. The molecule has 56 valence electrons. The van der Waals surface area contributed by atoms with Crippen molar-refractivity contribution in [2.24, 2.45) is 0 Å². The van der Waals surface area contributed by atoms with E-state index in [2.05, 4.69) is 0 Å². The number of aromatic hydroxyl groups is 1. The molecule has 0 heterocycles. The molecule has 0 fully saturated rings. The van der Waals surface area contributed by atoms with Crippen molar-refractivity contribution >= 4 is 0 Å². The third-order valence-corrected chi connectivity index (χ3v) is 0.808. The summed E-state index contributed by atoms with van der Waals surface area (Å²) in [4.78, 5) is 0. The highest BCUT2D eigenvalue weighted by atomic mass is 19.1. The molecule has 2 heteroatoms. The normalized spacial score (nSPS) is 7.90. The second kappa shape index (κ2) is 4.79. The number of halogens is 1. The molecule has 0 aliphatic heterocycles. The van der Waals surface area contributed by atoms with Gasteiger partial charge in [0.1, 0.15) is 11.6 Å². The van der Waals surface area contributed by atoms with Gasteiger partial charge in [-0.2, -0.15) is 0 Å². The Labute approximate surface area is 60.1 Å². The molecule has 1 nitrogen and oxygen atoms in total. The monoisotopic (exact) mass is 142 g/mol. The van der Waals surface area contributed by atoms with Gasteiger partial charge in [0.2, 0.25) is 0 Å². The van der Waals surface area contributed by atoms with Crippen LogP contribution in [-0.2, 0) is 0 Å². The summed E-state index contributed by atoms with van der Waals surface area (Å²) in [7, 11) is 0. The van der Waals surface area contributed by atoms with Crippen molar-refractivity contribution in [2.45, 2.75) is 13.8 Å². The van der Waals surface area contributed by atoms with Crippen molar-refractivity contribution in [2.75, 3.05) is 0 Å². The fourth-order valence-electron chi connectivity index (χ4n) is 0.476. The molecule has 10 heavy (non-hydrogen) atoms. The van der Waals surface area contributed by atoms with Gasteiger partial charge in [0.15, 0.2) is 0 Å². The van der Waals surface area contributed by atoms with E-state index in [0.717, 1.165) is 6.07 Å². The summed E-state index contributed by atoms with van der Waals surface area (Å²) in [6.07, 6.45) is 0. The zero-order chi connectivity index (χ0) is 7.98. The highest BCUT2D eigenvalue weighted by Crippen LogP contribution is 2.07. The Morgan fingerprint density at radius 1 is 1.30 bits per heavy atom. The molecule has 0 aromatic heterocycles. The van der Waals surface area contributed by atoms with E-state index in [4.69, 9.17) is 5.11 Å². The SMILES string of the molecule is CC.Oc1cccc(F)c1. The zero-order valence-electron chi connectivity index (χ0n) is 6.13. The lowest BCUT2D eigenvalue weighted by molar-refractivity contribution is 0.469. The van der Waals surface area contributed by atoms with E-state index in [9.17, 15) is 4.39 Å². The number of rotatable bonds is 0. The number of hydrogen-bond acceptors (Lipinski definition) is 1. The van der Waals surface area contributed by atoms with Crippen LogP contribution in [-0.4, -0.2) is 5.11 Å². The average molecular weight is 142 g/mol. The van der Waals surface area contributed by atoms with Crippen LogP contribution in [0.15, 0.2) is 24.3 Å². The van der Waals surface area contributed by atoms with E-state index < -0.39 is 5.82 Å². The van der Waals surface area contributed by atoms with Crippen LogP contribution >= 0.6 is 0 Å². The lowest BCUT2D eigenvalue weighted by Gasteiger charge is -1.86. The zero-order valence-corrected chi connectivity index (χ0v) is 6.13. The van der Waals surface area contributed by atoms with Gasteiger partial charge in [0.25, 0.3) is 0 Å². The third-order valence-electron chi connectivity index (χ3n) is 0.808. The van der Waals surface area contributed by atoms with Crippen molar-refractivity contribution < 1.29 is 9.50 Å². The first-order valence-electron chi connectivity index (χ1n) is 3.23. The topological polar surface area (TPSA) is 20.2 Å². The summed E-state index contributed by atoms with van der Waals surface area (Å²) in [6.45, 7) is 4.00. The Hall–Kier alpha value is -1.05. The van der Waals surface area contributed by atoms with Gasteiger partial charge in [-0.25, -0.2) is 4.39 Å².